The number of ether oxygens (including phenoxy) is 1. The van der Waals surface area contributed by atoms with Crippen LogP contribution in [0.15, 0.2) is 71.2 Å². The van der Waals surface area contributed by atoms with Crippen molar-refractivity contribution in [2.24, 2.45) is 5.92 Å². The average molecular weight is 571 g/mol. The largest absolute Gasteiger partial charge is 0.484 e. The van der Waals surface area contributed by atoms with Crippen molar-refractivity contribution in [1.82, 2.24) is 5.32 Å². The lowest BCUT2D eigenvalue weighted by Gasteiger charge is -2.17. The molecule has 9 heteroatoms. The summed E-state index contributed by atoms with van der Waals surface area (Å²) in [5, 5.41) is 6.36. The van der Waals surface area contributed by atoms with E-state index in [1.165, 1.54) is 0 Å². The zero-order valence-electron chi connectivity index (χ0n) is 19.6. The van der Waals surface area contributed by atoms with Crippen molar-refractivity contribution < 1.29 is 19.1 Å². The van der Waals surface area contributed by atoms with Gasteiger partial charge in [-0.15, -0.1) is 0 Å². The normalized spacial score (nSPS) is 15.0. The van der Waals surface area contributed by atoms with E-state index in [1.807, 2.05) is 37.3 Å². The number of nitrogens with one attached hydrogen (secondary N) is 2. The molecule has 3 aromatic rings. The lowest BCUT2D eigenvalue weighted by atomic mass is 10.1. The minimum absolute atomic E-state index is 0.112. The predicted molar refractivity (Wildman–Crippen MR) is 143 cm³/mol. The van der Waals surface area contributed by atoms with Crippen LogP contribution in [0.1, 0.15) is 17.5 Å². The average Bonchev–Trinajstić information content (AvgIpc) is 3.26. The standard InChI is InChI=1S/C27H25BrClN3O4/c1-17-12-20(28)4-11-24(17)31-25(33)16-36-23-9-7-22(8-10-23)32-15-19(13-26(32)34)27(35)30-14-18-2-5-21(29)6-3-18/h2-12,19H,13-16H2,1H3,(H,30,35)(H,31,33)/t19-/m0/s1. The van der Waals surface area contributed by atoms with Gasteiger partial charge in [0, 0.05) is 40.4 Å². The number of hydrogen-bond acceptors (Lipinski definition) is 4. The van der Waals surface area contributed by atoms with Crippen LogP contribution in [0, 0.1) is 12.8 Å². The predicted octanol–water partition coefficient (Wildman–Crippen LogP) is 5.10. The van der Waals surface area contributed by atoms with E-state index in [9.17, 15) is 14.4 Å². The molecular weight excluding hydrogens is 546 g/mol. The van der Waals surface area contributed by atoms with Crippen molar-refractivity contribution in [3.63, 3.8) is 0 Å². The van der Waals surface area contributed by atoms with Crippen molar-refractivity contribution in [2.75, 3.05) is 23.4 Å². The molecule has 1 heterocycles. The summed E-state index contributed by atoms with van der Waals surface area (Å²) >= 11 is 9.29. The first-order valence-electron chi connectivity index (χ1n) is 11.4. The molecule has 1 saturated heterocycles. The van der Waals surface area contributed by atoms with E-state index in [2.05, 4.69) is 26.6 Å². The molecule has 3 aromatic carbocycles. The highest BCUT2D eigenvalue weighted by molar-refractivity contribution is 9.10. The number of rotatable bonds is 8. The summed E-state index contributed by atoms with van der Waals surface area (Å²) in [7, 11) is 0. The van der Waals surface area contributed by atoms with Crippen LogP contribution in [-0.4, -0.2) is 30.9 Å². The molecule has 1 aliphatic rings. The van der Waals surface area contributed by atoms with Gasteiger partial charge in [0.15, 0.2) is 6.61 Å². The molecule has 0 radical (unpaired) electrons. The maximum absolute atomic E-state index is 12.6. The number of carbonyl (C=O) groups excluding carboxylic acids is 3. The summed E-state index contributed by atoms with van der Waals surface area (Å²) in [4.78, 5) is 39.0. The highest BCUT2D eigenvalue weighted by Gasteiger charge is 2.35. The Hall–Kier alpha value is -3.36. The molecule has 7 nitrogen and oxygen atoms in total. The van der Waals surface area contributed by atoms with Crippen LogP contribution in [0.5, 0.6) is 5.75 Å². The van der Waals surface area contributed by atoms with Gasteiger partial charge in [0.1, 0.15) is 5.75 Å². The maximum Gasteiger partial charge on any atom is 0.262 e. The third kappa shape index (κ3) is 6.65. The monoisotopic (exact) mass is 569 g/mol. The molecule has 0 aromatic heterocycles. The topological polar surface area (TPSA) is 87.7 Å². The van der Waals surface area contributed by atoms with Crippen molar-refractivity contribution in [2.45, 2.75) is 19.9 Å². The second-order valence-electron chi connectivity index (χ2n) is 8.54. The highest BCUT2D eigenvalue weighted by Crippen LogP contribution is 2.27. The fourth-order valence-electron chi connectivity index (χ4n) is 3.89. The number of aryl methyl sites for hydroxylation is 1. The number of amides is 3. The zero-order valence-corrected chi connectivity index (χ0v) is 21.9. The molecule has 1 aliphatic heterocycles. The molecule has 36 heavy (non-hydrogen) atoms. The van der Waals surface area contributed by atoms with Gasteiger partial charge in [0.05, 0.1) is 5.92 Å². The first-order valence-corrected chi connectivity index (χ1v) is 12.6. The summed E-state index contributed by atoms with van der Waals surface area (Å²) in [6, 6.07) is 19.7. The van der Waals surface area contributed by atoms with Gasteiger partial charge in [-0.05, 0) is 72.6 Å². The number of nitrogens with zero attached hydrogens (tertiary/aromatic N) is 1. The third-order valence-electron chi connectivity index (χ3n) is 5.86. The summed E-state index contributed by atoms with van der Waals surface area (Å²) in [5.41, 5.74) is 3.27. The Morgan fingerprint density at radius 2 is 1.81 bits per heavy atom. The van der Waals surface area contributed by atoms with Gasteiger partial charge in [-0.2, -0.15) is 0 Å². The minimum Gasteiger partial charge on any atom is -0.484 e. The lowest BCUT2D eigenvalue weighted by molar-refractivity contribution is -0.126. The Labute approximate surface area is 222 Å². The Bertz CT molecular complexity index is 1270. The molecule has 0 spiro atoms. The Morgan fingerprint density at radius 3 is 2.50 bits per heavy atom. The van der Waals surface area contributed by atoms with Crippen LogP contribution in [0.4, 0.5) is 11.4 Å². The number of carbonyl (C=O) groups is 3. The molecule has 0 bridgehead atoms. The Kier molecular flexibility index (Phi) is 8.28. The van der Waals surface area contributed by atoms with Crippen molar-refractivity contribution >= 4 is 56.6 Å². The van der Waals surface area contributed by atoms with E-state index < -0.39 is 5.92 Å². The summed E-state index contributed by atoms with van der Waals surface area (Å²) < 4.78 is 6.53. The molecular formula is C27H25BrClN3O4. The van der Waals surface area contributed by atoms with Gasteiger partial charge in [-0.25, -0.2) is 0 Å². The van der Waals surface area contributed by atoms with Gasteiger partial charge in [-0.3, -0.25) is 14.4 Å². The van der Waals surface area contributed by atoms with Crippen LogP contribution in [0.2, 0.25) is 5.02 Å². The van der Waals surface area contributed by atoms with Gasteiger partial charge < -0.3 is 20.3 Å². The van der Waals surface area contributed by atoms with Gasteiger partial charge >= 0.3 is 0 Å². The summed E-state index contributed by atoms with van der Waals surface area (Å²) in [6.07, 6.45) is 0.153. The van der Waals surface area contributed by atoms with E-state index in [0.717, 1.165) is 21.3 Å². The smallest absolute Gasteiger partial charge is 0.262 e. The second-order valence-corrected chi connectivity index (χ2v) is 9.89. The van der Waals surface area contributed by atoms with E-state index in [-0.39, 0.29) is 30.7 Å². The molecule has 1 atom stereocenters. The van der Waals surface area contributed by atoms with Gasteiger partial charge in [0.25, 0.3) is 5.91 Å². The zero-order chi connectivity index (χ0) is 25.7. The number of halogens is 2. The highest BCUT2D eigenvalue weighted by atomic mass is 79.9. The van der Waals surface area contributed by atoms with Gasteiger partial charge in [-0.1, -0.05) is 39.7 Å². The van der Waals surface area contributed by atoms with Crippen LogP contribution in [0.25, 0.3) is 0 Å². The molecule has 4 rings (SSSR count). The fourth-order valence-corrected chi connectivity index (χ4v) is 4.49. The third-order valence-corrected chi connectivity index (χ3v) is 6.60. The molecule has 0 saturated carbocycles. The molecule has 1 fully saturated rings. The molecule has 0 aliphatic carbocycles. The van der Waals surface area contributed by atoms with E-state index in [1.54, 1.807) is 41.3 Å². The molecule has 186 valence electrons. The summed E-state index contributed by atoms with van der Waals surface area (Å²) in [5.74, 6) is -0.462. The maximum atomic E-state index is 12.6. The number of benzene rings is 3. The quantitative estimate of drug-likeness (QED) is 0.395. The van der Waals surface area contributed by atoms with E-state index in [4.69, 9.17) is 16.3 Å². The first-order chi connectivity index (χ1) is 17.3. The molecule has 2 N–H and O–H groups in total. The summed E-state index contributed by atoms with van der Waals surface area (Å²) in [6.45, 7) is 2.45. The minimum atomic E-state index is -0.425. The van der Waals surface area contributed by atoms with Crippen molar-refractivity contribution in [3.05, 3.63) is 87.4 Å². The second kappa shape index (κ2) is 11.6. The van der Waals surface area contributed by atoms with Crippen LogP contribution < -0.4 is 20.3 Å². The Balaban J connectivity index is 1.27. The number of anilines is 2. The lowest BCUT2D eigenvalue weighted by Crippen LogP contribution is -2.32. The van der Waals surface area contributed by atoms with E-state index >= 15 is 0 Å². The Morgan fingerprint density at radius 1 is 1.08 bits per heavy atom. The molecule has 0 unspecified atom stereocenters. The van der Waals surface area contributed by atoms with Crippen LogP contribution in [-0.2, 0) is 20.9 Å². The van der Waals surface area contributed by atoms with Crippen LogP contribution >= 0.6 is 27.5 Å². The van der Waals surface area contributed by atoms with Crippen molar-refractivity contribution in [1.29, 1.82) is 0 Å². The first kappa shape index (κ1) is 25.7. The van der Waals surface area contributed by atoms with Crippen LogP contribution in [0.3, 0.4) is 0 Å². The molecule has 3 amide bonds. The van der Waals surface area contributed by atoms with Gasteiger partial charge in [0.2, 0.25) is 11.8 Å². The SMILES string of the molecule is Cc1cc(Br)ccc1NC(=O)COc1ccc(N2C[C@@H](C(=O)NCc3ccc(Cl)cc3)CC2=O)cc1. The van der Waals surface area contributed by atoms with Crippen molar-refractivity contribution in [3.8, 4) is 5.75 Å². The fraction of sp³-hybridized carbons (Fsp3) is 0.222. The van der Waals surface area contributed by atoms with E-state index in [0.29, 0.717) is 29.5 Å². The number of hydrogen-bond donors (Lipinski definition) is 2.